The van der Waals surface area contributed by atoms with Crippen LogP contribution < -0.4 is 5.32 Å². The predicted molar refractivity (Wildman–Crippen MR) is 74.8 cm³/mol. The molecule has 8 nitrogen and oxygen atoms in total. The van der Waals surface area contributed by atoms with Crippen LogP contribution >= 0.6 is 0 Å². The van der Waals surface area contributed by atoms with Crippen molar-refractivity contribution in [2.24, 2.45) is 5.92 Å². The Labute approximate surface area is 123 Å². The van der Waals surface area contributed by atoms with Crippen LogP contribution in [0.2, 0.25) is 0 Å². The molecule has 21 heavy (non-hydrogen) atoms. The lowest BCUT2D eigenvalue weighted by molar-refractivity contribution is -0.137. The number of amides is 1. The van der Waals surface area contributed by atoms with Gasteiger partial charge in [0.25, 0.3) is 0 Å². The minimum Gasteiger partial charge on any atom is -0.480 e. The molecule has 0 bridgehead atoms. The quantitative estimate of drug-likeness (QED) is 0.660. The fraction of sp³-hybridized carbons (Fsp3) is 0.692. The first-order chi connectivity index (χ1) is 9.97. The van der Waals surface area contributed by atoms with E-state index in [0.717, 1.165) is 12.8 Å². The molecule has 0 aliphatic heterocycles. The first-order valence-corrected chi connectivity index (χ1v) is 6.98. The molecular weight excluding hydrogens is 276 g/mol. The van der Waals surface area contributed by atoms with Crippen LogP contribution in [-0.4, -0.2) is 45.3 Å². The summed E-state index contributed by atoms with van der Waals surface area (Å²) < 4.78 is 6.23. The zero-order valence-electron chi connectivity index (χ0n) is 12.4. The lowest BCUT2D eigenvalue weighted by Gasteiger charge is -2.07. The summed E-state index contributed by atoms with van der Waals surface area (Å²) in [7, 11) is 0. The molecule has 1 rings (SSSR count). The van der Waals surface area contributed by atoms with Crippen LogP contribution in [0.15, 0.2) is 6.20 Å². The van der Waals surface area contributed by atoms with Crippen molar-refractivity contribution in [1.82, 2.24) is 20.3 Å². The van der Waals surface area contributed by atoms with Crippen LogP contribution in [0.1, 0.15) is 32.4 Å². The number of hydrogen-bond acceptors (Lipinski definition) is 5. The predicted octanol–water partition coefficient (Wildman–Crippen LogP) is 1.07. The molecule has 2 N–H and O–H groups in total. The minimum absolute atomic E-state index is 0.182. The monoisotopic (exact) mass is 298 g/mol. The van der Waals surface area contributed by atoms with Crippen LogP contribution in [0.25, 0.3) is 0 Å². The van der Waals surface area contributed by atoms with Gasteiger partial charge in [0, 0.05) is 19.2 Å². The van der Waals surface area contributed by atoms with E-state index in [9.17, 15) is 9.59 Å². The van der Waals surface area contributed by atoms with Crippen LogP contribution in [0, 0.1) is 5.92 Å². The lowest BCUT2D eigenvalue weighted by atomic mass is 10.1. The van der Waals surface area contributed by atoms with Crippen molar-refractivity contribution in [3.63, 3.8) is 0 Å². The summed E-state index contributed by atoms with van der Waals surface area (Å²) in [6, 6.07) is 0. The van der Waals surface area contributed by atoms with Gasteiger partial charge >= 0.3 is 12.1 Å². The Morgan fingerprint density at radius 2 is 2.24 bits per heavy atom. The second-order valence-corrected chi connectivity index (χ2v) is 5.15. The van der Waals surface area contributed by atoms with Crippen molar-refractivity contribution >= 4 is 12.1 Å². The van der Waals surface area contributed by atoms with Gasteiger partial charge in [-0.2, -0.15) is 0 Å². The molecule has 0 fully saturated rings. The van der Waals surface area contributed by atoms with Gasteiger partial charge in [-0.25, -0.2) is 9.48 Å². The summed E-state index contributed by atoms with van der Waals surface area (Å²) in [5.41, 5.74) is 0.587. The number of carboxylic acids is 1. The first-order valence-electron chi connectivity index (χ1n) is 6.98. The number of carbonyl (C=O) groups is 2. The average Bonchev–Trinajstić information content (AvgIpc) is 2.81. The Morgan fingerprint density at radius 3 is 2.90 bits per heavy atom. The maximum Gasteiger partial charge on any atom is 0.407 e. The smallest absolute Gasteiger partial charge is 0.407 e. The summed E-state index contributed by atoms with van der Waals surface area (Å²) in [5.74, 6) is -0.361. The van der Waals surface area contributed by atoms with Crippen molar-refractivity contribution < 1.29 is 19.4 Å². The molecule has 118 valence electrons. The number of carbonyl (C=O) groups excluding carboxylic acids is 1. The number of hydrogen-bond donors (Lipinski definition) is 2. The molecule has 0 aliphatic carbocycles. The molecule has 0 saturated heterocycles. The highest BCUT2D eigenvalue weighted by Gasteiger charge is 2.06. The normalized spacial score (nSPS) is 10.6. The standard InChI is InChI=1S/C13H22N4O4/c1-10(2)4-3-6-14-13(20)21-7-5-11-8-17(16-15-11)9-12(18)19/h8,10H,3-7,9H2,1-2H3,(H,14,20)(H,18,19). The number of nitrogens with one attached hydrogen (secondary N) is 1. The van der Waals surface area contributed by atoms with Gasteiger partial charge < -0.3 is 15.2 Å². The highest BCUT2D eigenvalue weighted by molar-refractivity contribution is 5.67. The maximum absolute atomic E-state index is 11.4. The molecule has 1 aromatic rings. The molecule has 0 spiro atoms. The first kappa shape index (κ1) is 16.9. The fourth-order valence-electron chi connectivity index (χ4n) is 1.67. The topological polar surface area (TPSA) is 106 Å². The zero-order valence-corrected chi connectivity index (χ0v) is 12.4. The van der Waals surface area contributed by atoms with E-state index in [1.54, 1.807) is 0 Å². The number of aliphatic carboxylic acids is 1. The molecule has 0 aliphatic rings. The molecule has 0 radical (unpaired) electrons. The molecular formula is C13H22N4O4. The van der Waals surface area contributed by atoms with Crippen molar-refractivity contribution in [3.8, 4) is 0 Å². The van der Waals surface area contributed by atoms with E-state index in [2.05, 4.69) is 29.5 Å². The SMILES string of the molecule is CC(C)CCCNC(=O)OCCc1cn(CC(=O)O)nn1. The summed E-state index contributed by atoms with van der Waals surface area (Å²) in [6.07, 6.45) is 3.47. The highest BCUT2D eigenvalue weighted by Crippen LogP contribution is 2.01. The van der Waals surface area contributed by atoms with Crippen molar-refractivity contribution in [1.29, 1.82) is 0 Å². The number of ether oxygens (including phenoxy) is 1. The van der Waals surface area contributed by atoms with Crippen LogP contribution in [0.3, 0.4) is 0 Å². The lowest BCUT2D eigenvalue weighted by Crippen LogP contribution is -2.26. The zero-order chi connectivity index (χ0) is 15.7. The number of aromatic nitrogens is 3. The van der Waals surface area contributed by atoms with Gasteiger partial charge in [0.05, 0.1) is 12.3 Å². The van der Waals surface area contributed by atoms with Crippen LogP contribution in [0.5, 0.6) is 0 Å². The molecule has 1 aromatic heterocycles. The Morgan fingerprint density at radius 1 is 1.48 bits per heavy atom. The van der Waals surface area contributed by atoms with Gasteiger partial charge in [-0.1, -0.05) is 19.1 Å². The Bertz CT molecular complexity index is 459. The Hall–Kier alpha value is -2.12. The fourth-order valence-corrected chi connectivity index (χ4v) is 1.67. The van der Waals surface area contributed by atoms with Crippen molar-refractivity contribution in [2.75, 3.05) is 13.2 Å². The number of nitrogens with zero attached hydrogens (tertiary/aromatic N) is 3. The van der Waals surface area contributed by atoms with Gasteiger partial charge in [-0.15, -0.1) is 5.10 Å². The molecule has 0 unspecified atom stereocenters. The molecule has 0 atom stereocenters. The largest absolute Gasteiger partial charge is 0.480 e. The molecule has 0 saturated carbocycles. The average molecular weight is 298 g/mol. The Kier molecular flexibility index (Phi) is 7.20. The second kappa shape index (κ2) is 8.93. The molecule has 1 heterocycles. The van der Waals surface area contributed by atoms with E-state index in [0.29, 0.717) is 24.6 Å². The van der Waals surface area contributed by atoms with Gasteiger partial charge in [0.1, 0.15) is 6.54 Å². The van der Waals surface area contributed by atoms with Crippen molar-refractivity contribution in [2.45, 2.75) is 39.7 Å². The maximum atomic E-state index is 11.4. The minimum atomic E-state index is -0.983. The second-order valence-electron chi connectivity index (χ2n) is 5.15. The number of alkyl carbamates (subject to hydrolysis) is 1. The van der Waals surface area contributed by atoms with E-state index in [1.165, 1.54) is 10.9 Å². The highest BCUT2D eigenvalue weighted by atomic mass is 16.5. The molecule has 1 amide bonds. The van der Waals surface area contributed by atoms with Gasteiger partial charge in [0.15, 0.2) is 0 Å². The van der Waals surface area contributed by atoms with Crippen LogP contribution in [0.4, 0.5) is 4.79 Å². The van der Waals surface area contributed by atoms with E-state index in [1.807, 2.05) is 0 Å². The third kappa shape index (κ3) is 7.91. The Balaban J connectivity index is 2.13. The summed E-state index contributed by atoms with van der Waals surface area (Å²) >= 11 is 0. The van der Waals surface area contributed by atoms with E-state index in [-0.39, 0.29) is 13.2 Å². The third-order valence-corrected chi connectivity index (χ3v) is 2.70. The van der Waals surface area contributed by atoms with Gasteiger partial charge in [-0.05, 0) is 18.8 Å². The van der Waals surface area contributed by atoms with Gasteiger partial charge in [-0.3, -0.25) is 4.79 Å². The van der Waals surface area contributed by atoms with E-state index < -0.39 is 12.1 Å². The van der Waals surface area contributed by atoms with E-state index >= 15 is 0 Å². The van der Waals surface area contributed by atoms with Crippen LogP contribution in [-0.2, 0) is 22.5 Å². The third-order valence-electron chi connectivity index (χ3n) is 2.70. The molecule has 0 aromatic carbocycles. The summed E-state index contributed by atoms with van der Waals surface area (Å²) in [6.45, 7) is 4.82. The number of carboxylic acid groups (broad SMARTS) is 1. The number of rotatable bonds is 9. The van der Waals surface area contributed by atoms with Crippen molar-refractivity contribution in [3.05, 3.63) is 11.9 Å². The van der Waals surface area contributed by atoms with E-state index in [4.69, 9.17) is 9.84 Å². The molecule has 8 heteroatoms. The summed E-state index contributed by atoms with van der Waals surface area (Å²) in [4.78, 5) is 21.9. The van der Waals surface area contributed by atoms with Gasteiger partial charge in [0.2, 0.25) is 0 Å². The summed E-state index contributed by atoms with van der Waals surface area (Å²) in [5, 5.41) is 18.7.